The van der Waals surface area contributed by atoms with Gasteiger partial charge in [0.1, 0.15) is 5.82 Å². The summed E-state index contributed by atoms with van der Waals surface area (Å²) in [7, 11) is 0. The smallest absolute Gasteiger partial charge is 0.167 e. The summed E-state index contributed by atoms with van der Waals surface area (Å²) in [5.41, 5.74) is 1.30. The highest BCUT2D eigenvalue weighted by atomic mass is 79.9. The Bertz CT molecular complexity index is 826. The van der Waals surface area contributed by atoms with E-state index >= 15 is 0 Å². The second-order valence-corrected chi connectivity index (χ2v) is 5.75. The first-order chi connectivity index (χ1) is 10.1. The van der Waals surface area contributed by atoms with E-state index in [1.54, 1.807) is 6.07 Å². The summed E-state index contributed by atoms with van der Waals surface area (Å²) < 4.78 is 14.0. The molecule has 21 heavy (non-hydrogen) atoms. The minimum absolute atomic E-state index is 0.0212. The Balaban J connectivity index is 1.91. The van der Waals surface area contributed by atoms with Crippen LogP contribution in [0.4, 0.5) is 4.39 Å². The third-order valence-corrected chi connectivity index (χ3v) is 4.20. The highest BCUT2D eigenvalue weighted by Crippen LogP contribution is 2.21. The molecule has 0 bridgehead atoms. The Kier molecular flexibility index (Phi) is 3.84. The molecule has 3 rings (SSSR count). The van der Waals surface area contributed by atoms with Gasteiger partial charge >= 0.3 is 0 Å². The molecule has 1 nitrogen and oxygen atoms in total. The molecule has 0 aliphatic rings. The summed E-state index contributed by atoms with van der Waals surface area (Å²) in [5, 5.41) is 2.13. The average Bonchev–Trinajstić information content (AvgIpc) is 2.50. The standard InChI is InChI=1S/C18H12BrFO/c19-17-8-7-16(20)10-15(17)11-18(21)14-6-5-12-3-1-2-4-13(12)9-14/h1-10H,11H2. The van der Waals surface area contributed by atoms with Crippen LogP contribution in [0.15, 0.2) is 65.1 Å². The van der Waals surface area contributed by atoms with Crippen molar-refractivity contribution in [2.24, 2.45) is 0 Å². The van der Waals surface area contributed by atoms with Gasteiger partial charge in [-0.2, -0.15) is 0 Å². The Morgan fingerprint density at radius 2 is 1.71 bits per heavy atom. The molecule has 0 aliphatic carbocycles. The van der Waals surface area contributed by atoms with Gasteiger partial charge in [0, 0.05) is 16.5 Å². The van der Waals surface area contributed by atoms with Crippen LogP contribution in [0, 0.1) is 5.82 Å². The van der Waals surface area contributed by atoms with Crippen molar-refractivity contribution in [2.75, 3.05) is 0 Å². The number of benzene rings is 3. The topological polar surface area (TPSA) is 17.1 Å². The fourth-order valence-corrected chi connectivity index (χ4v) is 2.70. The first kappa shape index (κ1) is 14.0. The van der Waals surface area contributed by atoms with Crippen LogP contribution in [0.25, 0.3) is 10.8 Å². The lowest BCUT2D eigenvalue weighted by Crippen LogP contribution is -2.04. The maximum absolute atomic E-state index is 13.3. The van der Waals surface area contributed by atoms with Gasteiger partial charge in [0.05, 0.1) is 0 Å². The number of rotatable bonds is 3. The van der Waals surface area contributed by atoms with E-state index in [-0.39, 0.29) is 18.0 Å². The van der Waals surface area contributed by atoms with E-state index < -0.39 is 0 Å². The molecule has 0 radical (unpaired) electrons. The number of carbonyl (C=O) groups excluding carboxylic acids is 1. The zero-order valence-electron chi connectivity index (χ0n) is 11.1. The molecular formula is C18H12BrFO. The molecule has 0 atom stereocenters. The van der Waals surface area contributed by atoms with Gasteiger partial charge in [0.15, 0.2) is 5.78 Å². The lowest BCUT2D eigenvalue weighted by atomic mass is 10.00. The maximum atomic E-state index is 13.3. The lowest BCUT2D eigenvalue weighted by Gasteiger charge is -2.06. The third-order valence-electron chi connectivity index (χ3n) is 3.43. The molecule has 0 aliphatic heterocycles. The van der Waals surface area contributed by atoms with Crippen molar-refractivity contribution >= 4 is 32.5 Å². The average molecular weight is 343 g/mol. The highest BCUT2D eigenvalue weighted by Gasteiger charge is 2.11. The van der Waals surface area contributed by atoms with Crippen LogP contribution < -0.4 is 0 Å². The van der Waals surface area contributed by atoms with Gasteiger partial charge in [-0.3, -0.25) is 4.79 Å². The molecule has 0 spiro atoms. The molecule has 0 unspecified atom stereocenters. The quantitative estimate of drug-likeness (QED) is 0.600. The van der Waals surface area contributed by atoms with Crippen LogP contribution in [0.2, 0.25) is 0 Å². The predicted molar refractivity (Wildman–Crippen MR) is 86.1 cm³/mol. The van der Waals surface area contributed by atoms with E-state index in [1.807, 2.05) is 42.5 Å². The number of halogens is 2. The molecule has 3 aromatic carbocycles. The molecule has 3 heteroatoms. The Labute approximate surface area is 130 Å². The molecule has 104 valence electrons. The van der Waals surface area contributed by atoms with Gasteiger partial charge in [-0.15, -0.1) is 0 Å². The van der Waals surface area contributed by atoms with Gasteiger partial charge < -0.3 is 0 Å². The number of carbonyl (C=O) groups is 1. The second-order valence-electron chi connectivity index (χ2n) is 4.90. The number of Topliss-reactive ketones (excluding diaryl/α,β-unsaturated/α-hetero) is 1. The minimum atomic E-state index is -0.334. The van der Waals surface area contributed by atoms with Crippen molar-refractivity contribution in [1.29, 1.82) is 0 Å². The van der Waals surface area contributed by atoms with Crippen molar-refractivity contribution in [3.05, 3.63) is 82.1 Å². The van der Waals surface area contributed by atoms with E-state index in [2.05, 4.69) is 15.9 Å². The third kappa shape index (κ3) is 3.03. The summed E-state index contributed by atoms with van der Waals surface area (Å²) in [6.07, 6.45) is 0.177. The molecule has 0 fully saturated rings. The highest BCUT2D eigenvalue weighted by molar-refractivity contribution is 9.10. The zero-order valence-corrected chi connectivity index (χ0v) is 12.7. The summed E-state index contributed by atoms with van der Waals surface area (Å²) in [6, 6.07) is 17.9. The lowest BCUT2D eigenvalue weighted by molar-refractivity contribution is 0.0993. The summed E-state index contributed by atoms with van der Waals surface area (Å²) in [6.45, 7) is 0. The van der Waals surface area contributed by atoms with E-state index in [0.29, 0.717) is 11.1 Å². The Hall–Kier alpha value is -2.00. The fraction of sp³-hybridized carbons (Fsp3) is 0.0556. The second kappa shape index (κ2) is 5.78. The molecule has 0 N–H and O–H groups in total. The SMILES string of the molecule is O=C(Cc1cc(F)ccc1Br)c1ccc2ccccc2c1. The van der Waals surface area contributed by atoms with Gasteiger partial charge in [-0.05, 0) is 40.6 Å². The van der Waals surface area contributed by atoms with Crippen LogP contribution in [0.1, 0.15) is 15.9 Å². The largest absolute Gasteiger partial charge is 0.294 e. The molecular weight excluding hydrogens is 331 g/mol. The van der Waals surface area contributed by atoms with Crippen molar-refractivity contribution in [2.45, 2.75) is 6.42 Å². The van der Waals surface area contributed by atoms with Crippen LogP contribution in [0.3, 0.4) is 0 Å². The van der Waals surface area contributed by atoms with Gasteiger partial charge in [-0.25, -0.2) is 4.39 Å². The van der Waals surface area contributed by atoms with Crippen LogP contribution >= 0.6 is 15.9 Å². The van der Waals surface area contributed by atoms with E-state index in [0.717, 1.165) is 15.2 Å². The molecule has 0 heterocycles. The van der Waals surface area contributed by atoms with E-state index in [1.165, 1.54) is 12.1 Å². The molecule has 0 saturated carbocycles. The first-order valence-electron chi connectivity index (χ1n) is 6.59. The fourth-order valence-electron chi connectivity index (χ4n) is 2.32. The van der Waals surface area contributed by atoms with Gasteiger partial charge in [0.25, 0.3) is 0 Å². The predicted octanol–water partition coefficient (Wildman–Crippen LogP) is 5.17. The Morgan fingerprint density at radius 3 is 2.52 bits per heavy atom. The first-order valence-corrected chi connectivity index (χ1v) is 7.39. The van der Waals surface area contributed by atoms with Crippen LogP contribution in [-0.4, -0.2) is 5.78 Å². The molecule has 0 saturated heterocycles. The molecule has 3 aromatic rings. The van der Waals surface area contributed by atoms with E-state index in [4.69, 9.17) is 0 Å². The zero-order chi connectivity index (χ0) is 14.8. The molecule has 0 aromatic heterocycles. The van der Waals surface area contributed by atoms with E-state index in [9.17, 15) is 9.18 Å². The molecule has 0 amide bonds. The normalized spacial score (nSPS) is 10.8. The number of hydrogen-bond donors (Lipinski definition) is 0. The number of hydrogen-bond acceptors (Lipinski definition) is 1. The minimum Gasteiger partial charge on any atom is -0.294 e. The summed E-state index contributed by atoms with van der Waals surface area (Å²) in [5.74, 6) is -0.355. The van der Waals surface area contributed by atoms with Crippen molar-refractivity contribution < 1.29 is 9.18 Å². The van der Waals surface area contributed by atoms with Crippen LogP contribution in [-0.2, 0) is 6.42 Å². The monoisotopic (exact) mass is 342 g/mol. The Morgan fingerprint density at radius 1 is 0.952 bits per heavy atom. The van der Waals surface area contributed by atoms with Crippen molar-refractivity contribution in [3.63, 3.8) is 0 Å². The number of fused-ring (bicyclic) bond motifs is 1. The van der Waals surface area contributed by atoms with Crippen molar-refractivity contribution in [3.8, 4) is 0 Å². The maximum Gasteiger partial charge on any atom is 0.167 e. The van der Waals surface area contributed by atoms with Gasteiger partial charge in [0.2, 0.25) is 0 Å². The van der Waals surface area contributed by atoms with Crippen molar-refractivity contribution in [1.82, 2.24) is 0 Å². The number of ketones is 1. The summed E-state index contributed by atoms with van der Waals surface area (Å²) in [4.78, 5) is 12.4. The summed E-state index contributed by atoms with van der Waals surface area (Å²) >= 11 is 3.35. The van der Waals surface area contributed by atoms with Gasteiger partial charge in [-0.1, -0.05) is 52.3 Å². The van der Waals surface area contributed by atoms with Crippen LogP contribution in [0.5, 0.6) is 0 Å².